The first kappa shape index (κ1) is 19.4. The molecule has 0 unspecified atom stereocenters. The third kappa shape index (κ3) is 3.81. The standard InChI is InChI=1S/C22H27N5O2/c1-15(28)27-12-7-6-10-19(27)21-24-18-11-13-26(14-17(18)20(23-2)25-21)22(29)16-8-4-3-5-9-16/h3-5,8-9,19H,6-7,10-14H2,1-2H3,(H,23,24,25)/t19-/m0/s1. The number of carbonyl (C=O) groups is 2. The topological polar surface area (TPSA) is 78.4 Å². The van der Waals surface area contributed by atoms with E-state index in [4.69, 9.17) is 9.97 Å². The zero-order chi connectivity index (χ0) is 20.4. The Labute approximate surface area is 171 Å². The monoisotopic (exact) mass is 393 g/mol. The van der Waals surface area contributed by atoms with Crippen molar-refractivity contribution in [1.82, 2.24) is 19.8 Å². The molecule has 2 amide bonds. The Hall–Kier alpha value is -2.96. The molecular formula is C22H27N5O2. The molecule has 1 saturated heterocycles. The normalized spacial score (nSPS) is 18.9. The predicted octanol–water partition coefficient (Wildman–Crippen LogP) is 2.79. The number of carbonyl (C=O) groups excluding carboxylic acids is 2. The van der Waals surface area contributed by atoms with Crippen LogP contribution in [0.25, 0.3) is 0 Å². The molecule has 2 aromatic rings. The quantitative estimate of drug-likeness (QED) is 0.868. The molecule has 3 heterocycles. The molecule has 1 N–H and O–H groups in total. The van der Waals surface area contributed by atoms with Crippen molar-refractivity contribution in [2.24, 2.45) is 0 Å². The minimum absolute atomic E-state index is 0.0254. The molecule has 152 valence electrons. The van der Waals surface area contributed by atoms with Gasteiger partial charge in [-0.05, 0) is 31.4 Å². The van der Waals surface area contributed by atoms with Crippen molar-refractivity contribution in [3.8, 4) is 0 Å². The Morgan fingerprint density at radius 1 is 1.10 bits per heavy atom. The Kier molecular flexibility index (Phi) is 5.47. The lowest BCUT2D eigenvalue weighted by Gasteiger charge is -2.35. The maximum Gasteiger partial charge on any atom is 0.254 e. The summed E-state index contributed by atoms with van der Waals surface area (Å²) in [6.07, 6.45) is 3.67. The number of likely N-dealkylation sites (tertiary alicyclic amines) is 1. The number of nitrogens with one attached hydrogen (secondary N) is 1. The molecule has 1 aromatic heterocycles. The number of nitrogens with zero attached hydrogens (tertiary/aromatic N) is 4. The van der Waals surface area contributed by atoms with Crippen LogP contribution in [0.15, 0.2) is 30.3 Å². The van der Waals surface area contributed by atoms with E-state index in [1.54, 1.807) is 6.92 Å². The molecule has 1 fully saturated rings. The molecule has 2 aliphatic rings. The number of benzene rings is 1. The molecule has 1 aromatic carbocycles. The lowest BCUT2D eigenvalue weighted by atomic mass is 9.99. The van der Waals surface area contributed by atoms with E-state index in [0.717, 1.165) is 42.9 Å². The summed E-state index contributed by atoms with van der Waals surface area (Å²) >= 11 is 0. The van der Waals surface area contributed by atoms with Gasteiger partial charge in [0, 0.05) is 44.6 Å². The van der Waals surface area contributed by atoms with Crippen LogP contribution in [0.3, 0.4) is 0 Å². The van der Waals surface area contributed by atoms with E-state index in [1.807, 2.05) is 47.2 Å². The number of fused-ring (bicyclic) bond motifs is 1. The highest BCUT2D eigenvalue weighted by atomic mass is 16.2. The van der Waals surface area contributed by atoms with Gasteiger partial charge in [-0.1, -0.05) is 18.2 Å². The SMILES string of the molecule is CNc1nc([C@@H]2CCCCN2C(C)=O)nc2c1CN(C(=O)c1ccccc1)CC2. The van der Waals surface area contributed by atoms with Gasteiger partial charge in [0.2, 0.25) is 5.91 Å². The number of anilines is 1. The summed E-state index contributed by atoms with van der Waals surface area (Å²) in [5.74, 6) is 1.56. The van der Waals surface area contributed by atoms with E-state index in [1.165, 1.54) is 0 Å². The fourth-order valence-corrected chi connectivity index (χ4v) is 4.30. The average molecular weight is 393 g/mol. The summed E-state index contributed by atoms with van der Waals surface area (Å²) in [7, 11) is 1.84. The van der Waals surface area contributed by atoms with Crippen molar-refractivity contribution in [2.45, 2.75) is 45.2 Å². The van der Waals surface area contributed by atoms with Crippen molar-refractivity contribution >= 4 is 17.6 Å². The van der Waals surface area contributed by atoms with Gasteiger partial charge in [0.05, 0.1) is 18.3 Å². The Balaban J connectivity index is 1.62. The minimum atomic E-state index is -0.0670. The lowest BCUT2D eigenvalue weighted by Crippen LogP contribution is -2.39. The molecule has 0 spiro atoms. The second-order valence-electron chi connectivity index (χ2n) is 7.67. The molecule has 0 radical (unpaired) electrons. The van der Waals surface area contributed by atoms with Crippen molar-refractivity contribution in [1.29, 1.82) is 0 Å². The van der Waals surface area contributed by atoms with Crippen LogP contribution in [0.1, 0.15) is 59.7 Å². The van der Waals surface area contributed by atoms with Crippen LogP contribution in [0.5, 0.6) is 0 Å². The van der Waals surface area contributed by atoms with Crippen LogP contribution in [0.2, 0.25) is 0 Å². The Morgan fingerprint density at radius 3 is 2.62 bits per heavy atom. The van der Waals surface area contributed by atoms with E-state index in [2.05, 4.69) is 5.32 Å². The van der Waals surface area contributed by atoms with Crippen LogP contribution in [-0.4, -0.2) is 51.7 Å². The number of piperidine rings is 1. The summed E-state index contributed by atoms with van der Waals surface area (Å²) in [5, 5.41) is 3.19. The molecule has 0 saturated carbocycles. The summed E-state index contributed by atoms with van der Waals surface area (Å²) in [6, 6.07) is 9.29. The highest BCUT2D eigenvalue weighted by molar-refractivity contribution is 5.94. The van der Waals surface area contributed by atoms with Gasteiger partial charge in [-0.3, -0.25) is 9.59 Å². The van der Waals surface area contributed by atoms with Gasteiger partial charge in [0.25, 0.3) is 5.91 Å². The van der Waals surface area contributed by atoms with E-state index in [0.29, 0.717) is 30.9 Å². The second kappa shape index (κ2) is 8.19. The number of aromatic nitrogens is 2. The number of amides is 2. The first-order valence-electron chi connectivity index (χ1n) is 10.3. The largest absolute Gasteiger partial charge is 0.373 e. The first-order valence-corrected chi connectivity index (χ1v) is 10.3. The zero-order valence-electron chi connectivity index (χ0n) is 17.0. The minimum Gasteiger partial charge on any atom is -0.373 e. The molecular weight excluding hydrogens is 366 g/mol. The zero-order valence-corrected chi connectivity index (χ0v) is 17.0. The molecule has 0 bridgehead atoms. The summed E-state index contributed by atoms with van der Waals surface area (Å²) in [4.78, 5) is 38.3. The van der Waals surface area contributed by atoms with Crippen molar-refractivity contribution in [2.75, 3.05) is 25.5 Å². The van der Waals surface area contributed by atoms with Crippen LogP contribution >= 0.6 is 0 Å². The van der Waals surface area contributed by atoms with Gasteiger partial charge < -0.3 is 15.1 Å². The fourth-order valence-electron chi connectivity index (χ4n) is 4.30. The van der Waals surface area contributed by atoms with E-state index < -0.39 is 0 Å². The smallest absolute Gasteiger partial charge is 0.254 e. The molecule has 4 rings (SSSR count). The third-order valence-electron chi connectivity index (χ3n) is 5.83. The maximum absolute atomic E-state index is 12.9. The van der Waals surface area contributed by atoms with Crippen molar-refractivity contribution in [3.05, 3.63) is 53.0 Å². The third-order valence-corrected chi connectivity index (χ3v) is 5.83. The first-order chi connectivity index (χ1) is 14.1. The van der Waals surface area contributed by atoms with E-state index >= 15 is 0 Å². The summed E-state index contributed by atoms with van der Waals surface area (Å²) in [6.45, 7) is 3.49. The highest BCUT2D eigenvalue weighted by Crippen LogP contribution is 2.32. The maximum atomic E-state index is 12.9. The van der Waals surface area contributed by atoms with Crippen LogP contribution in [0.4, 0.5) is 5.82 Å². The van der Waals surface area contributed by atoms with Gasteiger partial charge in [-0.15, -0.1) is 0 Å². The Bertz CT molecular complexity index is 898. The molecule has 1 atom stereocenters. The predicted molar refractivity (Wildman–Crippen MR) is 110 cm³/mol. The van der Waals surface area contributed by atoms with Crippen LogP contribution < -0.4 is 5.32 Å². The second-order valence-corrected chi connectivity index (χ2v) is 7.67. The molecule has 2 aliphatic heterocycles. The molecule has 7 nitrogen and oxygen atoms in total. The van der Waals surface area contributed by atoms with E-state index in [9.17, 15) is 9.59 Å². The fraction of sp³-hybridized carbons (Fsp3) is 0.455. The van der Waals surface area contributed by atoms with E-state index in [-0.39, 0.29) is 17.9 Å². The van der Waals surface area contributed by atoms with Crippen molar-refractivity contribution in [3.63, 3.8) is 0 Å². The van der Waals surface area contributed by atoms with Gasteiger partial charge >= 0.3 is 0 Å². The van der Waals surface area contributed by atoms with Gasteiger partial charge in [-0.25, -0.2) is 9.97 Å². The summed E-state index contributed by atoms with van der Waals surface area (Å²) < 4.78 is 0. The Morgan fingerprint density at radius 2 is 1.90 bits per heavy atom. The van der Waals surface area contributed by atoms with Crippen LogP contribution in [0, 0.1) is 0 Å². The molecule has 0 aliphatic carbocycles. The highest BCUT2D eigenvalue weighted by Gasteiger charge is 2.31. The number of rotatable bonds is 3. The summed E-state index contributed by atoms with van der Waals surface area (Å²) in [5.41, 5.74) is 2.64. The van der Waals surface area contributed by atoms with Crippen molar-refractivity contribution < 1.29 is 9.59 Å². The van der Waals surface area contributed by atoms with Crippen LogP contribution in [-0.2, 0) is 17.8 Å². The van der Waals surface area contributed by atoms with Gasteiger partial charge in [-0.2, -0.15) is 0 Å². The molecule has 29 heavy (non-hydrogen) atoms. The number of hydrogen-bond acceptors (Lipinski definition) is 5. The molecule has 7 heteroatoms. The number of hydrogen-bond donors (Lipinski definition) is 1. The van der Waals surface area contributed by atoms with Gasteiger partial charge in [0.1, 0.15) is 5.82 Å². The lowest BCUT2D eigenvalue weighted by molar-refractivity contribution is -0.132. The average Bonchev–Trinajstić information content (AvgIpc) is 2.78. The van der Waals surface area contributed by atoms with Gasteiger partial charge in [0.15, 0.2) is 5.82 Å².